The summed E-state index contributed by atoms with van der Waals surface area (Å²) in [6.07, 6.45) is -0.903. The summed E-state index contributed by atoms with van der Waals surface area (Å²) in [6.45, 7) is 20.1. The normalized spacial score (nSPS) is 21.6. The number of halogens is 2. The Morgan fingerprint density at radius 3 is 2.08 bits per heavy atom. The van der Waals surface area contributed by atoms with Gasteiger partial charge in [-0.15, -0.1) is 0 Å². The average Bonchev–Trinajstić information content (AvgIpc) is 3.69. The van der Waals surface area contributed by atoms with E-state index in [1.54, 1.807) is 0 Å². The minimum atomic E-state index is -2.00. The third-order valence-electron chi connectivity index (χ3n) is 9.68. The van der Waals surface area contributed by atoms with Gasteiger partial charge in [0, 0.05) is 24.7 Å². The molecule has 6 rings (SSSR count). The standard InChI is InChI=1S/C36H47BrClN3O5Si2/c1-36(2,3)48(7,8)46-30-21-44-32-29(20-43-33(30)32)45-35-40-34-28(41(35)22-42-17-18-47(4,5)6)19-27(38)31(39-34)25-11-9-23(10-12-25)24-13-15-26(37)16-14-24/h9-16,19,29-30,32-33H,17-18,20-22H2,1-8H3/t29-,30-,32-,33-/m1/s1. The number of imidazole rings is 1. The largest absolute Gasteiger partial charge is 0.456 e. The molecule has 0 bridgehead atoms. The van der Waals surface area contributed by atoms with Crippen molar-refractivity contribution in [2.75, 3.05) is 19.8 Å². The highest BCUT2D eigenvalue weighted by Gasteiger charge is 2.52. The number of aromatic nitrogens is 3. The first-order valence-electron chi connectivity index (χ1n) is 16.7. The molecule has 8 nitrogen and oxygen atoms in total. The third kappa shape index (κ3) is 7.78. The SMILES string of the molecule is CC(C)(C)[Si](C)(C)O[C@@H]1CO[C@H]2[C@@H]1OC[C@H]2Oc1nc2nc(-c3ccc(-c4ccc(Br)cc4)cc3)c(Cl)cc2n1COCC[Si](C)(C)C. The molecule has 0 amide bonds. The van der Waals surface area contributed by atoms with Crippen LogP contribution in [0.15, 0.2) is 59.1 Å². The summed E-state index contributed by atoms with van der Waals surface area (Å²) < 4.78 is 35.0. The number of hydrogen-bond donors (Lipinski definition) is 0. The van der Waals surface area contributed by atoms with Crippen molar-refractivity contribution in [2.24, 2.45) is 0 Å². The molecule has 48 heavy (non-hydrogen) atoms. The van der Waals surface area contributed by atoms with Crippen LogP contribution in [0, 0.1) is 0 Å². The Labute approximate surface area is 299 Å². The third-order valence-corrected chi connectivity index (χ3v) is 16.7. The van der Waals surface area contributed by atoms with Gasteiger partial charge in [-0.25, -0.2) is 4.98 Å². The number of rotatable bonds is 11. The van der Waals surface area contributed by atoms with Gasteiger partial charge in [-0.05, 0) is 53.5 Å². The molecule has 12 heteroatoms. The fourth-order valence-electron chi connectivity index (χ4n) is 5.74. The first kappa shape index (κ1) is 35.7. The van der Waals surface area contributed by atoms with Crippen molar-refractivity contribution in [3.63, 3.8) is 0 Å². The summed E-state index contributed by atoms with van der Waals surface area (Å²) in [7, 11) is -3.27. The Bertz CT molecular complexity index is 1740. The number of nitrogens with zero attached hydrogens (tertiary/aromatic N) is 3. The lowest BCUT2D eigenvalue weighted by Crippen LogP contribution is -2.47. The molecule has 2 fully saturated rings. The predicted molar refractivity (Wildman–Crippen MR) is 201 cm³/mol. The minimum Gasteiger partial charge on any atom is -0.456 e. The van der Waals surface area contributed by atoms with E-state index in [0.717, 1.165) is 32.7 Å². The van der Waals surface area contributed by atoms with Crippen molar-refractivity contribution in [1.29, 1.82) is 0 Å². The van der Waals surface area contributed by atoms with Gasteiger partial charge in [-0.3, -0.25) is 4.57 Å². The molecule has 0 saturated carbocycles. The van der Waals surface area contributed by atoms with Crippen LogP contribution in [0.4, 0.5) is 0 Å². The molecular weight excluding hydrogens is 726 g/mol. The molecule has 258 valence electrons. The molecule has 2 aromatic carbocycles. The quantitative estimate of drug-likeness (QED) is 0.111. The molecule has 2 aliphatic rings. The summed E-state index contributed by atoms with van der Waals surface area (Å²) >= 11 is 10.4. The molecule has 0 spiro atoms. The highest BCUT2D eigenvalue weighted by atomic mass is 79.9. The maximum Gasteiger partial charge on any atom is 0.301 e. The number of ether oxygens (including phenoxy) is 4. The molecular formula is C36H47BrClN3O5Si2. The Morgan fingerprint density at radius 2 is 1.46 bits per heavy atom. The molecule has 0 aliphatic carbocycles. The van der Waals surface area contributed by atoms with Crippen LogP contribution in [0.1, 0.15) is 20.8 Å². The van der Waals surface area contributed by atoms with E-state index in [4.69, 9.17) is 44.9 Å². The summed E-state index contributed by atoms with van der Waals surface area (Å²) in [6, 6.07) is 19.9. The highest BCUT2D eigenvalue weighted by molar-refractivity contribution is 9.10. The van der Waals surface area contributed by atoms with Gasteiger partial charge in [0.05, 0.1) is 35.6 Å². The molecule has 4 heterocycles. The van der Waals surface area contributed by atoms with E-state index >= 15 is 0 Å². The van der Waals surface area contributed by atoms with E-state index in [1.807, 2.05) is 34.9 Å². The fraction of sp³-hybridized carbons (Fsp3) is 0.500. The number of fused-ring (bicyclic) bond motifs is 2. The summed E-state index contributed by atoms with van der Waals surface area (Å²) in [5, 5.41) is 0.622. The van der Waals surface area contributed by atoms with Crippen molar-refractivity contribution in [2.45, 2.75) is 95.7 Å². The Kier molecular flexibility index (Phi) is 10.3. The van der Waals surface area contributed by atoms with Crippen LogP contribution >= 0.6 is 27.5 Å². The minimum absolute atomic E-state index is 0.0919. The van der Waals surface area contributed by atoms with E-state index in [-0.39, 0.29) is 36.2 Å². The van der Waals surface area contributed by atoms with Crippen molar-refractivity contribution in [1.82, 2.24) is 14.5 Å². The van der Waals surface area contributed by atoms with E-state index in [9.17, 15) is 0 Å². The van der Waals surface area contributed by atoms with Crippen LogP contribution < -0.4 is 4.74 Å². The predicted octanol–water partition coefficient (Wildman–Crippen LogP) is 9.43. The number of hydrogen-bond acceptors (Lipinski definition) is 7. The Balaban J connectivity index is 1.26. The number of benzene rings is 2. The monoisotopic (exact) mass is 771 g/mol. The zero-order valence-electron chi connectivity index (χ0n) is 29.2. The lowest BCUT2D eigenvalue weighted by atomic mass is 10.0. The Morgan fingerprint density at radius 1 is 0.875 bits per heavy atom. The molecule has 0 unspecified atom stereocenters. The van der Waals surface area contributed by atoms with Gasteiger partial charge < -0.3 is 23.4 Å². The first-order chi connectivity index (χ1) is 22.6. The smallest absolute Gasteiger partial charge is 0.301 e. The Hall–Kier alpha value is -2.10. The molecule has 2 saturated heterocycles. The zero-order chi connectivity index (χ0) is 34.4. The van der Waals surface area contributed by atoms with Crippen LogP contribution in [0.2, 0.25) is 48.8 Å². The van der Waals surface area contributed by atoms with Crippen LogP contribution in [0.5, 0.6) is 6.01 Å². The van der Waals surface area contributed by atoms with Gasteiger partial charge >= 0.3 is 6.01 Å². The van der Waals surface area contributed by atoms with Gasteiger partial charge in [-0.1, -0.05) is 104 Å². The van der Waals surface area contributed by atoms with Gasteiger partial charge in [-0.2, -0.15) is 4.98 Å². The second-order valence-electron chi connectivity index (χ2n) is 15.6. The van der Waals surface area contributed by atoms with E-state index in [1.165, 1.54) is 0 Å². The van der Waals surface area contributed by atoms with Crippen molar-refractivity contribution < 1.29 is 23.4 Å². The van der Waals surface area contributed by atoms with Crippen molar-refractivity contribution in [3.8, 4) is 28.4 Å². The van der Waals surface area contributed by atoms with Gasteiger partial charge in [0.25, 0.3) is 0 Å². The average molecular weight is 773 g/mol. The maximum atomic E-state index is 6.92. The van der Waals surface area contributed by atoms with Crippen LogP contribution in [0.3, 0.4) is 0 Å². The lowest BCUT2D eigenvalue weighted by molar-refractivity contribution is 0.00691. The van der Waals surface area contributed by atoms with Crippen LogP contribution in [-0.4, -0.2) is 75.2 Å². The van der Waals surface area contributed by atoms with Crippen molar-refractivity contribution in [3.05, 3.63) is 64.1 Å². The molecule has 2 aliphatic heterocycles. The van der Waals surface area contributed by atoms with Crippen molar-refractivity contribution >= 4 is 55.1 Å². The number of pyridine rings is 1. The topological polar surface area (TPSA) is 76.9 Å². The summed E-state index contributed by atoms with van der Waals surface area (Å²) in [5.74, 6) is 0. The molecule has 0 radical (unpaired) electrons. The first-order valence-corrected chi connectivity index (χ1v) is 24.5. The lowest BCUT2D eigenvalue weighted by Gasteiger charge is -2.39. The van der Waals surface area contributed by atoms with Crippen LogP contribution in [-0.2, 0) is 25.4 Å². The summed E-state index contributed by atoms with van der Waals surface area (Å²) in [5.41, 5.74) is 5.11. The second-order valence-corrected chi connectivity index (χ2v) is 27.3. The van der Waals surface area contributed by atoms with Gasteiger partial charge in [0.1, 0.15) is 18.9 Å². The zero-order valence-corrected chi connectivity index (χ0v) is 33.5. The van der Waals surface area contributed by atoms with E-state index in [0.29, 0.717) is 42.2 Å². The molecule has 4 aromatic rings. The molecule has 2 aromatic heterocycles. The second kappa shape index (κ2) is 13.9. The van der Waals surface area contributed by atoms with E-state index < -0.39 is 16.4 Å². The fourth-order valence-corrected chi connectivity index (χ4v) is 8.33. The molecule has 0 N–H and O–H groups in total. The van der Waals surface area contributed by atoms with Gasteiger partial charge in [0.2, 0.25) is 0 Å². The molecule has 4 atom stereocenters. The van der Waals surface area contributed by atoms with Gasteiger partial charge in [0.15, 0.2) is 20.1 Å². The van der Waals surface area contributed by atoms with Crippen LogP contribution in [0.25, 0.3) is 33.5 Å². The van der Waals surface area contributed by atoms with E-state index in [2.05, 4.69) is 93.7 Å². The summed E-state index contributed by atoms with van der Waals surface area (Å²) in [4.78, 5) is 9.84. The highest BCUT2D eigenvalue weighted by Crippen LogP contribution is 2.41. The maximum absolute atomic E-state index is 6.92.